The van der Waals surface area contributed by atoms with Crippen LogP contribution in [-0.2, 0) is 6.54 Å². The van der Waals surface area contributed by atoms with Gasteiger partial charge in [0.2, 0.25) is 0 Å². The number of amides is 1. The van der Waals surface area contributed by atoms with Gasteiger partial charge in [-0.2, -0.15) is 0 Å². The number of nitrogens with two attached hydrogens (primary N) is 1. The van der Waals surface area contributed by atoms with E-state index in [9.17, 15) is 9.18 Å². The van der Waals surface area contributed by atoms with E-state index in [-0.39, 0.29) is 29.1 Å². The normalized spacial score (nSPS) is 12.2. The van der Waals surface area contributed by atoms with E-state index in [4.69, 9.17) is 15.7 Å². The minimum atomic E-state index is -0.323. The van der Waals surface area contributed by atoms with Crippen LogP contribution in [0.5, 0.6) is 0 Å². The second-order valence-corrected chi connectivity index (χ2v) is 7.96. The molecule has 3 aromatic carbocycles. The van der Waals surface area contributed by atoms with Crippen LogP contribution in [0.15, 0.2) is 78.9 Å². The van der Waals surface area contributed by atoms with Crippen LogP contribution >= 0.6 is 0 Å². The number of fused-ring (bicyclic) bond motifs is 2. The Labute approximate surface area is 189 Å². The first-order chi connectivity index (χ1) is 16.0. The Morgan fingerprint density at radius 3 is 2.30 bits per heavy atom. The molecule has 5 rings (SSSR count). The number of nitrogens with one attached hydrogen (secondary N) is 1. The molecule has 2 aromatic heterocycles. The monoisotopic (exact) mass is 439 g/mol. The summed E-state index contributed by atoms with van der Waals surface area (Å²) < 4.78 is 15.2. The number of carbonyl (C=O) groups excluding carboxylic acids is 1. The van der Waals surface area contributed by atoms with E-state index >= 15 is 0 Å². The highest BCUT2D eigenvalue weighted by Crippen LogP contribution is 2.29. The van der Waals surface area contributed by atoms with E-state index in [2.05, 4.69) is 5.32 Å². The third-order valence-corrected chi connectivity index (χ3v) is 5.72. The minimum Gasteiger partial charge on any atom is -0.384 e. The van der Waals surface area contributed by atoms with Crippen LogP contribution in [0.4, 0.5) is 10.2 Å². The second-order valence-electron chi connectivity index (χ2n) is 7.96. The summed E-state index contributed by atoms with van der Waals surface area (Å²) >= 11 is 0. The van der Waals surface area contributed by atoms with E-state index in [1.54, 1.807) is 16.7 Å². The maximum atomic E-state index is 13.4. The van der Waals surface area contributed by atoms with Gasteiger partial charge < -0.3 is 15.6 Å². The van der Waals surface area contributed by atoms with Crippen LogP contribution in [0.25, 0.3) is 22.2 Å². The predicted molar refractivity (Wildman–Crippen MR) is 127 cm³/mol. The zero-order chi connectivity index (χ0) is 22.9. The molecule has 0 aliphatic carbocycles. The topological polar surface area (TPSA) is 85.8 Å². The number of carbonyl (C=O) groups is 1. The van der Waals surface area contributed by atoms with E-state index in [1.165, 1.54) is 12.1 Å². The number of para-hydroxylation sites is 2. The molecule has 0 saturated carbocycles. The van der Waals surface area contributed by atoms with Crippen molar-refractivity contribution < 1.29 is 9.18 Å². The minimum absolute atomic E-state index is 0.220. The average Bonchev–Trinajstić information content (AvgIpc) is 3.09. The van der Waals surface area contributed by atoms with Crippen molar-refractivity contribution in [3.63, 3.8) is 0 Å². The Kier molecular flexibility index (Phi) is 5.22. The number of hydrogen-bond acceptors (Lipinski definition) is 4. The first kappa shape index (κ1) is 20.6. The van der Waals surface area contributed by atoms with E-state index in [0.29, 0.717) is 28.7 Å². The summed E-state index contributed by atoms with van der Waals surface area (Å²) in [7, 11) is 0. The number of hydrogen-bond donors (Lipinski definition) is 2. The third kappa shape index (κ3) is 3.89. The summed E-state index contributed by atoms with van der Waals surface area (Å²) in [5.41, 5.74) is 10.9. The third-order valence-electron chi connectivity index (χ3n) is 5.72. The number of nitrogen functional groups attached to an aromatic ring is 1. The molecule has 0 fully saturated rings. The van der Waals surface area contributed by atoms with Crippen LogP contribution in [0.1, 0.15) is 34.5 Å². The summed E-state index contributed by atoms with van der Waals surface area (Å²) in [6, 6.07) is 23.1. The van der Waals surface area contributed by atoms with Crippen molar-refractivity contribution >= 4 is 33.9 Å². The van der Waals surface area contributed by atoms with Gasteiger partial charge in [0.05, 0.1) is 23.6 Å². The molecule has 3 N–H and O–H groups in total. The predicted octanol–water partition coefficient (Wildman–Crippen LogP) is 4.85. The Bertz CT molecular complexity index is 1460. The number of aromatic nitrogens is 3. The summed E-state index contributed by atoms with van der Waals surface area (Å²) in [6.45, 7) is 2.25. The van der Waals surface area contributed by atoms with Crippen LogP contribution < -0.4 is 11.1 Å². The molecule has 0 radical (unpaired) electrons. The first-order valence-electron chi connectivity index (χ1n) is 10.7. The van der Waals surface area contributed by atoms with Crippen molar-refractivity contribution in [3.05, 3.63) is 101 Å². The number of anilines is 1. The zero-order valence-electron chi connectivity index (χ0n) is 18.0. The standard InChI is InChI=1S/C26H22FN5O/c1-16(18-7-3-2-4-8-18)29-26(33)22-23-25(31-21-10-6-5-9-20(21)30-23)32(24(22)28)15-17-11-13-19(27)14-12-17/h2-14,16H,15,28H2,1H3,(H,29,33)/t16-/m1/s1. The van der Waals surface area contributed by atoms with Gasteiger partial charge in [0.15, 0.2) is 5.65 Å². The Balaban J connectivity index is 1.62. The lowest BCUT2D eigenvalue weighted by atomic mass is 10.1. The lowest BCUT2D eigenvalue weighted by molar-refractivity contribution is 0.0942. The lowest BCUT2D eigenvalue weighted by Gasteiger charge is -2.14. The molecule has 0 bridgehead atoms. The molecular weight excluding hydrogens is 417 g/mol. The summed E-state index contributed by atoms with van der Waals surface area (Å²) in [4.78, 5) is 22.9. The summed E-state index contributed by atoms with van der Waals surface area (Å²) in [5.74, 6) is -0.372. The van der Waals surface area contributed by atoms with Gasteiger partial charge in [-0.3, -0.25) is 4.79 Å². The molecule has 7 heteroatoms. The van der Waals surface area contributed by atoms with Crippen LogP contribution in [0.2, 0.25) is 0 Å². The number of nitrogens with zero attached hydrogens (tertiary/aromatic N) is 3. The van der Waals surface area contributed by atoms with E-state index < -0.39 is 0 Å². The quantitative estimate of drug-likeness (QED) is 0.410. The fourth-order valence-electron chi connectivity index (χ4n) is 3.97. The van der Waals surface area contributed by atoms with Gasteiger partial charge in [0, 0.05) is 0 Å². The maximum Gasteiger partial charge on any atom is 0.257 e. The molecule has 0 aliphatic heterocycles. The highest BCUT2D eigenvalue weighted by molar-refractivity contribution is 6.10. The van der Waals surface area contributed by atoms with Gasteiger partial charge in [-0.25, -0.2) is 14.4 Å². The van der Waals surface area contributed by atoms with Gasteiger partial charge in [0.25, 0.3) is 5.91 Å². The second kappa shape index (κ2) is 8.35. The van der Waals surface area contributed by atoms with E-state index in [0.717, 1.165) is 11.1 Å². The van der Waals surface area contributed by atoms with Gasteiger partial charge >= 0.3 is 0 Å². The number of rotatable bonds is 5. The molecule has 5 aromatic rings. The van der Waals surface area contributed by atoms with Crippen molar-refractivity contribution in [3.8, 4) is 0 Å². The van der Waals surface area contributed by atoms with Crippen molar-refractivity contribution in [2.24, 2.45) is 0 Å². The van der Waals surface area contributed by atoms with Crippen LogP contribution in [0, 0.1) is 5.82 Å². The van der Waals surface area contributed by atoms with Crippen molar-refractivity contribution in [2.75, 3.05) is 5.73 Å². The number of benzene rings is 3. The van der Waals surface area contributed by atoms with Crippen LogP contribution in [-0.4, -0.2) is 20.4 Å². The maximum absolute atomic E-state index is 13.4. The largest absolute Gasteiger partial charge is 0.384 e. The molecule has 2 heterocycles. The van der Waals surface area contributed by atoms with Gasteiger partial charge in [-0.15, -0.1) is 0 Å². The summed E-state index contributed by atoms with van der Waals surface area (Å²) in [6.07, 6.45) is 0. The molecule has 0 spiro atoms. The van der Waals surface area contributed by atoms with Gasteiger partial charge in [-0.05, 0) is 42.3 Å². The Morgan fingerprint density at radius 1 is 0.970 bits per heavy atom. The summed E-state index contributed by atoms with van der Waals surface area (Å²) in [5, 5.41) is 3.03. The Morgan fingerprint density at radius 2 is 1.61 bits per heavy atom. The van der Waals surface area contributed by atoms with Crippen molar-refractivity contribution in [1.82, 2.24) is 19.9 Å². The average molecular weight is 439 g/mol. The first-order valence-corrected chi connectivity index (χ1v) is 10.7. The molecular formula is C26H22FN5O. The molecule has 33 heavy (non-hydrogen) atoms. The molecule has 6 nitrogen and oxygen atoms in total. The molecule has 1 atom stereocenters. The highest BCUT2D eigenvalue weighted by atomic mass is 19.1. The lowest BCUT2D eigenvalue weighted by Crippen LogP contribution is -2.27. The molecule has 0 unspecified atom stereocenters. The fourth-order valence-corrected chi connectivity index (χ4v) is 3.97. The van der Waals surface area contributed by atoms with Crippen molar-refractivity contribution in [1.29, 1.82) is 0 Å². The smallest absolute Gasteiger partial charge is 0.257 e. The molecule has 0 saturated heterocycles. The zero-order valence-corrected chi connectivity index (χ0v) is 18.0. The van der Waals surface area contributed by atoms with Crippen LogP contribution in [0.3, 0.4) is 0 Å². The SMILES string of the molecule is C[C@@H](NC(=O)c1c(N)n(Cc2ccc(F)cc2)c2nc3ccccc3nc12)c1ccccc1. The fraction of sp³-hybridized carbons (Fsp3) is 0.115. The van der Waals surface area contributed by atoms with Crippen molar-refractivity contribution in [2.45, 2.75) is 19.5 Å². The van der Waals surface area contributed by atoms with E-state index in [1.807, 2.05) is 61.5 Å². The van der Waals surface area contributed by atoms with Gasteiger partial charge in [-0.1, -0.05) is 54.6 Å². The number of halogens is 1. The molecule has 0 aliphatic rings. The molecule has 164 valence electrons. The highest BCUT2D eigenvalue weighted by Gasteiger charge is 2.25. The Hall–Kier alpha value is -4.26. The molecule has 1 amide bonds. The van der Waals surface area contributed by atoms with Gasteiger partial charge in [0.1, 0.15) is 22.7 Å².